The number of anilines is 3. The Bertz CT molecular complexity index is 3520. The zero-order valence-corrected chi connectivity index (χ0v) is 31.6. The van der Waals surface area contributed by atoms with Gasteiger partial charge >= 0.3 is 0 Å². The Balaban J connectivity index is 1.13. The summed E-state index contributed by atoms with van der Waals surface area (Å²) in [6.07, 6.45) is 0. The smallest absolute Gasteiger partial charge is 0.143 e. The lowest BCUT2D eigenvalue weighted by atomic mass is 9.95. The predicted molar refractivity (Wildman–Crippen MR) is 245 cm³/mol. The summed E-state index contributed by atoms with van der Waals surface area (Å²) in [5, 5.41) is 12.0. The van der Waals surface area contributed by atoms with E-state index in [1.165, 1.54) is 58.2 Å². The van der Waals surface area contributed by atoms with Crippen molar-refractivity contribution in [1.29, 1.82) is 0 Å². The Kier molecular flexibility index (Phi) is 7.13. The van der Waals surface area contributed by atoms with Crippen molar-refractivity contribution in [1.82, 2.24) is 0 Å². The predicted octanol–water partition coefficient (Wildman–Crippen LogP) is 16.2. The van der Waals surface area contributed by atoms with Crippen molar-refractivity contribution >= 4 is 103 Å². The molecule has 0 atom stereocenters. The van der Waals surface area contributed by atoms with Gasteiger partial charge in [-0.15, -0.1) is 11.3 Å². The number of benzene rings is 10. The first-order valence-electron chi connectivity index (χ1n) is 19.4. The molecule has 0 N–H and O–H groups in total. The normalized spacial score (nSPS) is 11.9. The van der Waals surface area contributed by atoms with Gasteiger partial charge in [0.05, 0.1) is 5.69 Å². The fourth-order valence-electron chi connectivity index (χ4n) is 8.98. The molecule has 3 heteroatoms. The number of nitrogens with zero attached hydrogens (tertiary/aromatic N) is 1. The highest BCUT2D eigenvalue weighted by Crippen LogP contribution is 2.48. The van der Waals surface area contributed by atoms with Crippen molar-refractivity contribution in [2.24, 2.45) is 0 Å². The van der Waals surface area contributed by atoms with Crippen LogP contribution in [-0.4, -0.2) is 0 Å². The van der Waals surface area contributed by atoms with Crippen LogP contribution in [0.25, 0.3) is 96.7 Å². The molecule has 0 bridgehead atoms. The number of thiophene rings is 1. The molecule has 57 heavy (non-hydrogen) atoms. The lowest BCUT2D eigenvalue weighted by Crippen LogP contribution is -2.11. The molecule has 0 aliphatic heterocycles. The Hall–Kier alpha value is -7.20. The second kappa shape index (κ2) is 12.7. The third kappa shape index (κ3) is 5.03. The maximum atomic E-state index is 6.94. The summed E-state index contributed by atoms with van der Waals surface area (Å²) in [4.78, 5) is 2.43. The van der Waals surface area contributed by atoms with Crippen LogP contribution < -0.4 is 4.90 Å². The van der Waals surface area contributed by atoms with E-state index in [0.29, 0.717) is 0 Å². The summed E-state index contributed by atoms with van der Waals surface area (Å²) in [6.45, 7) is 0. The van der Waals surface area contributed by atoms with Crippen molar-refractivity contribution in [2.75, 3.05) is 4.90 Å². The van der Waals surface area contributed by atoms with Crippen molar-refractivity contribution < 1.29 is 4.42 Å². The lowest BCUT2D eigenvalue weighted by Gasteiger charge is -2.28. The van der Waals surface area contributed by atoms with E-state index in [1.807, 2.05) is 11.3 Å². The minimum Gasteiger partial charge on any atom is -0.455 e. The summed E-state index contributed by atoms with van der Waals surface area (Å²) in [5.74, 6) is 0. The fraction of sp³-hybridized carbons (Fsp3) is 0. The van der Waals surface area contributed by atoms with Gasteiger partial charge in [-0.2, -0.15) is 0 Å². The largest absolute Gasteiger partial charge is 0.455 e. The third-order valence-corrected chi connectivity index (χ3v) is 12.8. The number of fused-ring (bicyclic) bond motifs is 12. The third-order valence-electron chi connectivity index (χ3n) is 11.6. The van der Waals surface area contributed by atoms with Gasteiger partial charge in [0.25, 0.3) is 0 Å². The zero-order valence-electron chi connectivity index (χ0n) is 30.8. The first-order valence-corrected chi connectivity index (χ1v) is 20.2. The molecular formula is C54H33NOS. The van der Waals surface area contributed by atoms with Gasteiger partial charge in [-0.05, 0) is 86.1 Å². The average molecular weight is 744 g/mol. The quantitative estimate of drug-likeness (QED) is 0.163. The monoisotopic (exact) mass is 743 g/mol. The molecule has 266 valence electrons. The SMILES string of the molecule is c1ccc(-c2cc3oc4c5ccccc5c5ccccc5c4c3cc2N(c2ccc(-c3cccc4c3sc3ccccc34)cc2)c2ccc3ccccc3c2)cc1. The molecule has 2 aromatic heterocycles. The molecule has 0 fully saturated rings. The Morgan fingerprint density at radius 2 is 1.02 bits per heavy atom. The second-order valence-electron chi connectivity index (χ2n) is 14.8. The zero-order chi connectivity index (χ0) is 37.5. The van der Waals surface area contributed by atoms with E-state index >= 15 is 0 Å². The number of furan rings is 1. The molecule has 0 aliphatic rings. The van der Waals surface area contributed by atoms with Crippen LogP contribution in [-0.2, 0) is 0 Å². The van der Waals surface area contributed by atoms with Crippen LogP contribution in [0.3, 0.4) is 0 Å². The van der Waals surface area contributed by atoms with Gasteiger partial charge in [0.2, 0.25) is 0 Å². The molecule has 0 aliphatic carbocycles. The summed E-state index contributed by atoms with van der Waals surface area (Å²) in [7, 11) is 0. The van der Waals surface area contributed by atoms with E-state index in [0.717, 1.165) is 55.5 Å². The van der Waals surface area contributed by atoms with Gasteiger partial charge in [-0.1, -0.05) is 158 Å². The topological polar surface area (TPSA) is 16.4 Å². The molecular weight excluding hydrogens is 711 g/mol. The van der Waals surface area contributed by atoms with Crippen LogP contribution >= 0.6 is 11.3 Å². The van der Waals surface area contributed by atoms with Gasteiger partial charge in [-0.3, -0.25) is 0 Å². The van der Waals surface area contributed by atoms with Crippen molar-refractivity contribution in [3.8, 4) is 22.3 Å². The fourth-order valence-corrected chi connectivity index (χ4v) is 10.2. The first-order chi connectivity index (χ1) is 28.3. The van der Waals surface area contributed by atoms with Gasteiger partial charge in [0.1, 0.15) is 11.2 Å². The average Bonchev–Trinajstić information content (AvgIpc) is 3.86. The summed E-state index contributed by atoms with van der Waals surface area (Å²) in [5.41, 5.74) is 9.74. The van der Waals surface area contributed by atoms with E-state index < -0.39 is 0 Å². The van der Waals surface area contributed by atoms with Crippen LogP contribution in [0.4, 0.5) is 17.1 Å². The second-order valence-corrected chi connectivity index (χ2v) is 15.9. The highest BCUT2D eigenvalue weighted by atomic mass is 32.1. The standard InChI is InChI=1S/C54H33NOS/c1-2-14-35(15-3-1)47-33-50-48(52-44-20-8-6-17-41(44)42-18-7-9-21-45(42)53(52)56-50)32-49(47)55(39-30-25-34-13-4-5-16-37(34)31-39)38-28-26-36(27-29-38)40-22-12-23-46-43-19-10-11-24-51(43)57-54(40)46/h1-33H. The summed E-state index contributed by atoms with van der Waals surface area (Å²) < 4.78 is 9.58. The molecule has 10 aromatic carbocycles. The van der Waals surface area contributed by atoms with Crippen molar-refractivity contribution in [3.05, 3.63) is 200 Å². The first kappa shape index (κ1) is 32.1. The highest BCUT2D eigenvalue weighted by molar-refractivity contribution is 7.26. The number of hydrogen-bond acceptors (Lipinski definition) is 3. The van der Waals surface area contributed by atoms with Gasteiger partial charge in [-0.25, -0.2) is 0 Å². The molecule has 2 nitrogen and oxygen atoms in total. The van der Waals surface area contributed by atoms with Crippen molar-refractivity contribution in [2.45, 2.75) is 0 Å². The Morgan fingerprint density at radius 1 is 0.386 bits per heavy atom. The van der Waals surface area contributed by atoms with E-state index in [1.54, 1.807) is 0 Å². The molecule has 12 rings (SSSR count). The van der Waals surface area contributed by atoms with Crippen LogP contribution in [0.2, 0.25) is 0 Å². The minimum atomic E-state index is 0.874. The van der Waals surface area contributed by atoms with Crippen LogP contribution in [0.15, 0.2) is 205 Å². The minimum absolute atomic E-state index is 0.874. The molecule has 0 radical (unpaired) electrons. The van der Waals surface area contributed by atoms with Crippen molar-refractivity contribution in [3.63, 3.8) is 0 Å². The van der Waals surface area contributed by atoms with Gasteiger partial charge in [0, 0.05) is 53.3 Å². The van der Waals surface area contributed by atoms with E-state index in [9.17, 15) is 0 Å². The van der Waals surface area contributed by atoms with E-state index in [4.69, 9.17) is 4.42 Å². The molecule has 0 unspecified atom stereocenters. The Labute approximate surface area is 333 Å². The van der Waals surface area contributed by atoms with Crippen LogP contribution in [0.5, 0.6) is 0 Å². The maximum Gasteiger partial charge on any atom is 0.143 e. The molecule has 0 saturated carbocycles. The van der Waals surface area contributed by atoms with Crippen LogP contribution in [0.1, 0.15) is 0 Å². The lowest BCUT2D eigenvalue weighted by molar-refractivity contribution is 0.673. The maximum absolute atomic E-state index is 6.94. The molecule has 0 spiro atoms. The van der Waals surface area contributed by atoms with Gasteiger partial charge in [0.15, 0.2) is 0 Å². The van der Waals surface area contributed by atoms with E-state index in [-0.39, 0.29) is 0 Å². The molecule has 0 saturated heterocycles. The van der Waals surface area contributed by atoms with Gasteiger partial charge < -0.3 is 9.32 Å². The molecule has 0 amide bonds. The van der Waals surface area contributed by atoms with Crippen LogP contribution in [0, 0.1) is 0 Å². The highest BCUT2D eigenvalue weighted by Gasteiger charge is 2.23. The number of rotatable bonds is 5. The Morgan fingerprint density at radius 3 is 1.84 bits per heavy atom. The molecule has 2 heterocycles. The summed E-state index contributed by atoms with van der Waals surface area (Å²) in [6, 6.07) is 72.7. The number of hydrogen-bond donors (Lipinski definition) is 0. The molecule has 12 aromatic rings. The van der Waals surface area contributed by atoms with E-state index in [2.05, 4.69) is 205 Å². The summed E-state index contributed by atoms with van der Waals surface area (Å²) >= 11 is 1.87.